The largest absolute Gasteiger partial charge is 0.383 e. The molecule has 0 aliphatic carbocycles. The van der Waals surface area contributed by atoms with E-state index >= 15 is 0 Å². The number of anilines is 1. The maximum Gasteiger partial charge on any atom is 0.254 e. The molecule has 1 aliphatic rings. The van der Waals surface area contributed by atoms with Gasteiger partial charge in [-0.05, 0) is 18.6 Å². The van der Waals surface area contributed by atoms with Crippen molar-refractivity contribution in [2.24, 2.45) is 0 Å². The van der Waals surface area contributed by atoms with E-state index in [4.69, 9.17) is 4.74 Å². The summed E-state index contributed by atoms with van der Waals surface area (Å²) in [6, 6.07) is 2.11. The highest BCUT2D eigenvalue weighted by molar-refractivity contribution is 5.94. The van der Waals surface area contributed by atoms with Crippen LogP contribution in [-0.4, -0.2) is 44.2 Å². The van der Waals surface area contributed by atoms with Crippen LogP contribution in [0.3, 0.4) is 0 Å². The predicted molar refractivity (Wildman–Crippen MR) is 67.2 cm³/mol. The Hall–Kier alpha value is -1.69. The highest BCUT2D eigenvalue weighted by atomic mass is 19.1. The number of benzene rings is 1. The molecule has 0 bridgehead atoms. The number of hydrogen-bond acceptors (Lipinski definition) is 3. The molecule has 0 aromatic heterocycles. The molecular weight excluding hydrogens is 254 g/mol. The van der Waals surface area contributed by atoms with Gasteiger partial charge in [0, 0.05) is 32.8 Å². The van der Waals surface area contributed by atoms with Gasteiger partial charge in [0.15, 0.2) is 0 Å². The summed E-state index contributed by atoms with van der Waals surface area (Å²) in [5.41, 5.74) is -0.210. The van der Waals surface area contributed by atoms with Crippen molar-refractivity contribution < 1.29 is 18.3 Å². The molecule has 1 unspecified atom stereocenters. The van der Waals surface area contributed by atoms with Gasteiger partial charge >= 0.3 is 0 Å². The molecule has 0 spiro atoms. The summed E-state index contributed by atoms with van der Waals surface area (Å²) >= 11 is 0. The van der Waals surface area contributed by atoms with Crippen molar-refractivity contribution in [3.63, 3.8) is 0 Å². The van der Waals surface area contributed by atoms with Crippen molar-refractivity contribution in [3.8, 4) is 0 Å². The van der Waals surface area contributed by atoms with Crippen molar-refractivity contribution in [1.82, 2.24) is 4.90 Å². The Balaban J connectivity index is 2.21. The van der Waals surface area contributed by atoms with E-state index in [-0.39, 0.29) is 23.3 Å². The lowest BCUT2D eigenvalue weighted by molar-refractivity contribution is 0.0723. The minimum Gasteiger partial charge on any atom is -0.383 e. The number of likely N-dealkylation sites (tertiary alicyclic amines) is 1. The van der Waals surface area contributed by atoms with Crippen LogP contribution in [0.15, 0.2) is 12.1 Å². The average Bonchev–Trinajstić information content (AvgIpc) is 2.86. The van der Waals surface area contributed by atoms with Gasteiger partial charge in [0.2, 0.25) is 0 Å². The molecule has 1 atom stereocenters. The Morgan fingerprint density at radius 1 is 1.42 bits per heavy atom. The molecule has 19 heavy (non-hydrogen) atoms. The molecule has 1 fully saturated rings. The standard InChI is InChI=1S/C13H16F2N2O2/c1-16-12-10(14)5-8(6-11(12)15)13(18)17-4-3-9(7-17)19-2/h5-6,9,16H,3-4,7H2,1-2H3. The molecule has 0 radical (unpaired) electrons. The predicted octanol–water partition coefficient (Wildman–Crippen LogP) is 1.87. The van der Waals surface area contributed by atoms with E-state index in [1.807, 2.05) is 0 Å². The SMILES string of the molecule is CNc1c(F)cc(C(=O)N2CCC(OC)C2)cc1F. The normalized spacial score (nSPS) is 18.7. The number of rotatable bonds is 3. The highest BCUT2D eigenvalue weighted by Gasteiger charge is 2.27. The van der Waals surface area contributed by atoms with Crippen LogP contribution >= 0.6 is 0 Å². The first-order chi connectivity index (χ1) is 9.06. The first-order valence-corrected chi connectivity index (χ1v) is 6.05. The Kier molecular flexibility index (Phi) is 3.99. The molecule has 1 aromatic carbocycles. The second-order valence-corrected chi connectivity index (χ2v) is 4.46. The van der Waals surface area contributed by atoms with Gasteiger partial charge in [0.1, 0.15) is 17.3 Å². The summed E-state index contributed by atoms with van der Waals surface area (Å²) in [4.78, 5) is 13.7. The monoisotopic (exact) mass is 270 g/mol. The summed E-state index contributed by atoms with van der Waals surface area (Å²) in [7, 11) is 3.01. The maximum absolute atomic E-state index is 13.6. The van der Waals surface area contributed by atoms with Crippen LogP contribution in [0.5, 0.6) is 0 Å². The molecule has 104 valence electrons. The van der Waals surface area contributed by atoms with Gasteiger partial charge in [-0.3, -0.25) is 4.79 Å². The summed E-state index contributed by atoms with van der Waals surface area (Å²) in [5, 5.41) is 2.42. The Bertz CT molecular complexity index is 471. The van der Waals surface area contributed by atoms with Crippen LogP contribution in [-0.2, 0) is 4.74 Å². The number of amides is 1. The first kappa shape index (κ1) is 13.7. The third-order valence-electron chi connectivity index (χ3n) is 3.30. The summed E-state index contributed by atoms with van der Waals surface area (Å²) in [5.74, 6) is -1.92. The topological polar surface area (TPSA) is 41.6 Å². The number of halogens is 2. The minimum atomic E-state index is -0.770. The highest BCUT2D eigenvalue weighted by Crippen LogP contribution is 2.22. The number of hydrogen-bond donors (Lipinski definition) is 1. The molecule has 1 saturated heterocycles. The van der Waals surface area contributed by atoms with Crippen molar-refractivity contribution >= 4 is 11.6 Å². The molecule has 1 aliphatic heterocycles. The van der Waals surface area contributed by atoms with E-state index in [1.54, 1.807) is 12.0 Å². The second-order valence-electron chi connectivity index (χ2n) is 4.46. The molecule has 6 heteroatoms. The maximum atomic E-state index is 13.6. The van der Waals surface area contributed by atoms with Gasteiger partial charge in [0.05, 0.1) is 6.10 Å². The Morgan fingerprint density at radius 3 is 2.53 bits per heavy atom. The summed E-state index contributed by atoms with van der Waals surface area (Å²) in [6.07, 6.45) is 0.733. The lowest BCUT2D eigenvalue weighted by atomic mass is 10.1. The van der Waals surface area contributed by atoms with Crippen molar-refractivity contribution in [1.29, 1.82) is 0 Å². The number of carbonyl (C=O) groups is 1. The lowest BCUT2D eigenvalue weighted by Crippen LogP contribution is -2.30. The average molecular weight is 270 g/mol. The van der Waals surface area contributed by atoms with Crippen LogP contribution in [0.2, 0.25) is 0 Å². The van der Waals surface area contributed by atoms with E-state index in [2.05, 4.69) is 5.32 Å². The first-order valence-electron chi connectivity index (χ1n) is 6.05. The Labute approximate surface area is 110 Å². The lowest BCUT2D eigenvalue weighted by Gasteiger charge is -2.17. The van der Waals surface area contributed by atoms with Gasteiger partial charge in [-0.1, -0.05) is 0 Å². The number of ether oxygens (including phenoxy) is 1. The molecule has 1 amide bonds. The fraction of sp³-hybridized carbons (Fsp3) is 0.462. The number of methoxy groups -OCH3 is 1. The molecule has 2 rings (SSSR count). The zero-order valence-corrected chi connectivity index (χ0v) is 10.9. The molecule has 0 saturated carbocycles. The summed E-state index contributed by atoms with van der Waals surface area (Å²) in [6.45, 7) is 0.987. The van der Waals surface area contributed by atoms with E-state index < -0.39 is 11.6 Å². The molecule has 1 N–H and O–H groups in total. The van der Waals surface area contributed by atoms with Crippen molar-refractivity contribution in [2.75, 3.05) is 32.6 Å². The quantitative estimate of drug-likeness (QED) is 0.911. The van der Waals surface area contributed by atoms with E-state index in [0.29, 0.717) is 13.1 Å². The van der Waals surface area contributed by atoms with Crippen LogP contribution < -0.4 is 5.32 Å². The minimum absolute atomic E-state index is 0.00442. The van der Waals surface area contributed by atoms with Crippen LogP contribution in [0.25, 0.3) is 0 Å². The van der Waals surface area contributed by atoms with Crippen LogP contribution in [0.4, 0.5) is 14.5 Å². The van der Waals surface area contributed by atoms with Gasteiger partial charge in [-0.15, -0.1) is 0 Å². The van der Waals surface area contributed by atoms with Crippen molar-refractivity contribution in [2.45, 2.75) is 12.5 Å². The third-order valence-corrected chi connectivity index (χ3v) is 3.30. The zero-order valence-electron chi connectivity index (χ0n) is 10.9. The summed E-state index contributed by atoms with van der Waals surface area (Å²) < 4.78 is 32.4. The zero-order chi connectivity index (χ0) is 14.0. The molecule has 1 heterocycles. The number of nitrogens with zero attached hydrogens (tertiary/aromatic N) is 1. The van der Waals surface area contributed by atoms with Crippen LogP contribution in [0.1, 0.15) is 16.8 Å². The van der Waals surface area contributed by atoms with Crippen LogP contribution in [0, 0.1) is 11.6 Å². The molecule has 1 aromatic rings. The van der Waals surface area contributed by atoms with E-state index in [9.17, 15) is 13.6 Å². The van der Waals surface area contributed by atoms with E-state index in [1.165, 1.54) is 7.05 Å². The smallest absolute Gasteiger partial charge is 0.254 e. The fourth-order valence-electron chi connectivity index (χ4n) is 2.22. The fourth-order valence-corrected chi connectivity index (χ4v) is 2.22. The van der Waals surface area contributed by atoms with Gasteiger partial charge in [0.25, 0.3) is 5.91 Å². The van der Waals surface area contributed by atoms with Gasteiger partial charge < -0.3 is 15.0 Å². The van der Waals surface area contributed by atoms with Crippen molar-refractivity contribution in [3.05, 3.63) is 29.3 Å². The number of nitrogens with one attached hydrogen (secondary N) is 1. The molecule has 4 nitrogen and oxygen atoms in total. The van der Waals surface area contributed by atoms with Gasteiger partial charge in [-0.25, -0.2) is 8.78 Å². The second kappa shape index (κ2) is 5.52. The third kappa shape index (κ3) is 2.68. The van der Waals surface area contributed by atoms with E-state index in [0.717, 1.165) is 18.6 Å². The van der Waals surface area contributed by atoms with Gasteiger partial charge in [-0.2, -0.15) is 0 Å². The molecular formula is C13H16F2N2O2. The number of carbonyl (C=O) groups excluding carboxylic acids is 1. The Morgan fingerprint density at radius 2 is 2.05 bits per heavy atom.